The van der Waals surface area contributed by atoms with Crippen molar-refractivity contribution in [1.29, 1.82) is 0 Å². The standard InChI is InChI=1S/C17H15FN2O2/c18-16-13(3-1-5-15(16)21)10-20-17(22)12-6-7-14-11(9-12)4-2-8-19-14/h1-7,9,19,21H,8,10H2,(H,20,22). The zero-order valence-electron chi connectivity index (χ0n) is 11.8. The number of fused-ring (bicyclic) bond motifs is 1. The normalized spacial score (nSPS) is 12.4. The molecule has 22 heavy (non-hydrogen) atoms. The number of phenolic OH excluding ortho intramolecular Hbond substituents is 1. The van der Waals surface area contributed by atoms with Crippen molar-refractivity contribution in [2.75, 3.05) is 11.9 Å². The number of carbonyl (C=O) groups is 1. The number of halogens is 1. The van der Waals surface area contributed by atoms with Crippen LogP contribution in [0.4, 0.5) is 10.1 Å². The van der Waals surface area contributed by atoms with E-state index in [-0.39, 0.29) is 18.0 Å². The topological polar surface area (TPSA) is 61.4 Å². The summed E-state index contributed by atoms with van der Waals surface area (Å²) in [5.41, 5.74) is 2.68. The molecule has 0 saturated heterocycles. The summed E-state index contributed by atoms with van der Waals surface area (Å²) >= 11 is 0. The van der Waals surface area contributed by atoms with Crippen LogP contribution < -0.4 is 10.6 Å². The lowest BCUT2D eigenvalue weighted by Gasteiger charge is -2.14. The Morgan fingerprint density at radius 3 is 3.05 bits per heavy atom. The second-order valence-electron chi connectivity index (χ2n) is 5.02. The molecule has 5 heteroatoms. The number of amides is 1. The van der Waals surface area contributed by atoms with Crippen LogP contribution in [-0.4, -0.2) is 17.6 Å². The van der Waals surface area contributed by atoms with Crippen molar-refractivity contribution >= 4 is 17.7 Å². The van der Waals surface area contributed by atoms with E-state index in [4.69, 9.17) is 0 Å². The van der Waals surface area contributed by atoms with Gasteiger partial charge in [-0.15, -0.1) is 0 Å². The van der Waals surface area contributed by atoms with Crippen LogP contribution in [0.15, 0.2) is 42.5 Å². The molecular formula is C17H15FN2O2. The minimum absolute atomic E-state index is 0.0181. The van der Waals surface area contributed by atoms with Crippen LogP contribution in [0.5, 0.6) is 5.75 Å². The molecule has 1 amide bonds. The van der Waals surface area contributed by atoms with Gasteiger partial charge in [0.2, 0.25) is 0 Å². The van der Waals surface area contributed by atoms with E-state index >= 15 is 0 Å². The minimum Gasteiger partial charge on any atom is -0.505 e. The summed E-state index contributed by atoms with van der Waals surface area (Å²) in [5, 5.41) is 15.2. The number of rotatable bonds is 3. The number of anilines is 1. The first-order valence-electron chi connectivity index (χ1n) is 6.94. The number of carbonyl (C=O) groups excluding carboxylic acids is 1. The zero-order chi connectivity index (χ0) is 15.5. The Bertz CT molecular complexity index is 756. The second kappa shape index (κ2) is 5.89. The van der Waals surface area contributed by atoms with Gasteiger partial charge < -0.3 is 15.7 Å². The molecule has 0 unspecified atom stereocenters. The largest absolute Gasteiger partial charge is 0.505 e. The third-order valence-corrected chi connectivity index (χ3v) is 3.52. The highest BCUT2D eigenvalue weighted by Gasteiger charge is 2.12. The molecule has 0 radical (unpaired) electrons. The van der Waals surface area contributed by atoms with Gasteiger partial charge in [-0.3, -0.25) is 4.79 Å². The lowest BCUT2D eigenvalue weighted by atomic mass is 10.1. The summed E-state index contributed by atoms with van der Waals surface area (Å²) in [6.45, 7) is 0.791. The predicted octanol–water partition coefficient (Wildman–Crippen LogP) is 2.90. The average molecular weight is 298 g/mol. The van der Waals surface area contributed by atoms with E-state index in [0.717, 1.165) is 17.8 Å². The molecule has 3 N–H and O–H groups in total. The lowest BCUT2D eigenvalue weighted by molar-refractivity contribution is 0.0950. The van der Waals surface area contributed by atoms with Crippen LogP contribution in [-0.2, 0) is 6.54 Å². The molecule has 2 aromatic carbocycles. The van der Waals surface area contributed by atoms with E-state index < -0.39 is 11.6 Å². The first-order chi connectivity index (χ1) is 10.6. The molecular weight excluding hydrogens is 283 g/mol. The number of hydrogen-bond donors (Lipinski definition) is 3. The molecule has 0 fully saturated rings. The molecule has 1 aliphatic heterocycles. The van der Waals surface area contributed by atoms with Gasteiger partial charge in [-0.2, -0.15) is 0 Å². The first-order valence-corrected chi connectivity index (χ1v) is 6.94. The van der Waals surface area contributed by atoms with Crippen LogP contribution in [0.3, 0.4) is 0 Å². The number of nitrogens with one attached hydrogen (secondary N) is 2. The van der Waals surface area contributed by atoms with E-state index in [1.165, 1.54) is 18.2 Å². The van der Waals surface area contributed by atoms with Gasteiger partial charge in [-0.25, -0.2) is 4.39 Å². The van der Waals surface area contributed by atoms with Crippen molar-refractivity contribution in [1.82, 2.24) is 5.32 Å². The van der Waals surface area contributed by atoms with Crippen LogP contribution in [0.25, 0.3) is 6.08 Å². The van der Waals surface area contributed by atoms with Crippen LogP contribution in [0.1, 0.15) is 21.5 Å². The van der Waals surface area contributed by atoms with E-state index in [1.807, 2.05) is 18.2 Å². The van der Waals surface area contributed by atoms with Gasteiger partial charge in [0.1, 0.15) is 0 Å². The fraction of sp³-hybridized carbons (Fsp3) is 0.118. The molecule has 0 saturated carbocycles. The van der Waals surface area contributed by atoms with Crippen molar-refractivity contribution in [2.45, 2.75) is 6.54 Å². The van der Waals surface area contributed by atoms with Crippen molar-refractivity contribution in [3.63, 3.8) is 0 Å². The molecule has 1 heterocycles. The van der Waals surface area contributed by atoms with Gasteiger partial charge in [-0.05, 0) is 29.8 Å². The third kappa shape index (κ3) is 2.79. The summed E-state index contributed by atoms with van der Waals surface area (Å²) in [6.07, 6.45) is 3.93. The monoisotopic (exact) mass is 298 g/mol. The third-order valence-electron chi connectivity index (χ3n) is 3.52. The molecule has 0 spiro atoms. The molecule has 112 valence electrons. The highest BCUT2D eigenvalue weighted by molar-refractivity contribution is 5.95. The maximum absolute atomic E-state index is 13.7. The van der Waals surface area contributed by atoms with Gasteiger partial charge in [0.05, 0.1) is 0 Å². The van der Waals surface area contributed by atoms with Gasteiger partial charge in [0, 0.05) is 29.9 Å². The Morgan fingerprint density at radius 1 is 1.32 bits per heavy atom. The van der Waals surface area contributed by atoms with Crippen molar-refractivity contribution in [3.05, 3.63) is 65.0 Å². The number of benzene rings is 2. The summed E-state index contributed by atoms with van der Waals surface area (Å²) in [6, 6.07) is 9.68. The SMILES string of the molecule is O=C(NCc1cccc(O)c1F)c1ccc2c(c1)C=CCN2. The highest BCUT2D eigenvalue weighted by Crippen LogP contribution is 2.22. The van der Waals surface area contributed by atoms with Gasteiger partial charge >= 0.3 is 0 Å². The molecule has 0 bridgehead atoms. The first kappa shape index (κ1) is 14.1. The number of hydrogen-bond acceptors (Lipinski definition) is 3. The Labute approximate surface area is 127 Å². The maximum atomic E-state index is 13.7. The molecule has 4 nitrogen and oxygen atoms in total. The summed E-state index contributed by atoms with van der Waals surface area (Å²) in [5.74, 6) is -1.42. The van der Waals surface area contributed by atoms with Gasteiger partial charge in [0.15, 0.2) is 11.6 Å². The van der Waals surface area contributed by atoms with E-state index in [2.05, 4.69) is 10.6 Å². The Balaban J connectivity index is 1.73. The Morgan fingerprint density at radius 2 is 2.18 bits per heavy atom. The molecule has 0 aliphatic carbocycles. The van der Waals surface area contributed by atoms with E-state index in [1.54, 1.807) is 12.1 Å². The fourth-order valence-electron chi connectivity index (χ4n) is 2.34. The second-order valence-corrected chi connectivity index (χ2v) is 5.02. The Kier molecular flexibility index (Phi) is 3.78. The predicted molar refractivity (Wildman–Crippen MR) is 83.2 cm³/mol. The van der Waals surface area contributed by atoms with Crippen molar-refractivity contribution in [2.24, 2.45) is 0 Å². The average Bonchev–Trinajstić information content (AvgIpc) is 2.55. The molecule has 0 atom stereocenters. The van der Waals surface area contributed by atoms with Crippen LogP contribution in [0.2, 0.25) is 0 Å². The lowest BCUT2D eigenvalue weighted by Crippen LogP contribution is -2.23. The molecule has 1 aliphatic rings. The highest BCUT2D eigenvalue weighted by atomic mass is 19.1. The number of aromatic hydroxyl groups is 1. The molecule has 0 aromatic heterocycles. The van der Waals surface area contributed by atoms with E-state index in [0.29, 0.717) is 5.56 Å². The summed E-state index contributed by atoms with van der Waals surface area (Å²) < 4.78 is 13.7. The molecule has 2 aromatic rings. The Hall–Kier alpha value is -2.82. The smallest absolute Gasteiger partial charge is 0.251 e. The zero-order valence-corrected chi connectivity index (χ0v) is 11.8. The number of phenols is 1. The fourth-order valence-corrected chi connectivity index (χ4v) is 2.34. The van der Waals surface area contributed by atoms with Crippen LogP contribution >= 0.6 is 0 Å². The minimum atomic E-state index is -0.708. The van der Waals surface area contributed by atoms with Crippen molar-refractivity contribution < 1.29 is 14.3 Å². The van der Waals surface area contributed by atoms with Gasteiger partial charge in [0.25, 0.3) is 5.91 Å². The van der Waals surface area contributed by atoms with Crippen LogP contribution in [0, 0.1) is 5.82 Å². The van der Waals surface area contributed by atoms with E-state index in [9.17, 15) is 14.3 Å². The summed E-state index contributed by atoms with van der Waals surface area (Å²) in [4.78, 5) is 12.2. The molecule has 3 rings (SSSR count). The summed E-state index contributed by atoms with van der Waals surface area (Å²) in [7, 11) is 0. The van der Waals surface area contributed by atoms with Crippen molar-refractivity contribution in [3.8, 4) is 5.75 Å². The quantitative estimate of drug-likeness (QED) is 0.816. The maximum Gasteiger partial charge on any atom is 0.251 e. The van der Waals surface area contributed by atoms with Gasteiger partial charge in [-0.1, -0.05) is 24.3 Å².